The summed E-state index contributed by atoms with van der Waals surface area (Å²) in [5, 5.41) is 6.14. The van der Waals surface area contributed by atoms with Gasteiger partial charge in [-0.3, -0.25) is 14.5 Å². The van der Waals surface area contributed by atoms with Crippen molar-refractivity contribution in [1.82, 2.24) is 20.0 Å². The summed E-state index contributed by atoms with van der Waals surface area (Å²) in [6, 6.07) is 13.1. The molecule has 0 spiro atoms. The Morgan fingerprint density at radius 3 is 2.64 bits per heavy atom. The summed E-state index contributed by atoms with van der Waals surface area (Å²) in [6.07, 6.45) is 0. The number of aromatic nitrogens is 2. The highest BCUT2D eigenvalue weighted by Gasteiger charge is 2.29. The molecular weight excluding hydrogens is 280 g/mol. The second kappa shape index (κ2) is 6.11. The van der Waals surface area contributed by atoms with Crippen molar-refractivity contribution in [1.29, 1.82) is 0 Å². The third-order valence-electron chi connectivity index (χ3n) is 4.02. The van der Waals surface area contributed by atoms with E-state index in [1.165, 1.54) is 17.7 Å². The number of benzene rings is 1. The molecule has 6 nitrogen and oxygen atoms in total. The Morgan fingerprint density at radius 2 is 1.95 bits per heavy atom. The molecule has 1 N–H and O–H groups in total. The number of hydrogen-bond acceptors (Lipinski definition) is 4. The molecule has 1 saturated heterocycles. The standard InChI is InChI=1S/C16H18N4O2/c1-19-9-10-20(11-14(19)12-5-3-2-4-6-12)16(22)13-7-8-15(21)18-17-13/h2-8,14H,9-11H2,1H3,(H,18,21)/t14-/m1/s1. The first-order valence-electron chi connectivity index (χ1n) is 7.25. The fourth-order valence-electron chi connectivity index (χ4n) is 2.72. The fourth-order valence-corrected chi connectivity index (χ4v) is 2.72. The van der Waals surface area contributed by atoms with Crippen molar-refractivity contribution >= 4 is 5.91 Å². The van der Waals surface area contributed by atoms with Crippen molar-refractivity contribution in [2.45, 2.75) is 6.04 Å². The molecule has 0 aliphatic carbocycles. The Hall–Kier alpha value is -2.47. The number of nitrogens with one attached hydrogen (secondary N) is 1. The highest BCUT2D eigenvalue weighted by atomic mass is 16.2. The maximum atomic E-state index is 12.5. The zero-order chi connectivity index (χ0) is 15.5. The summed E-state index contributed by atoms with van der Waals surface area (Å²) in [5.41, 5.74) is 1.16. The lowest BCUT2D eigenvalue weighted by Crippen LogP contribution is -2.49. The van der Waals surface area contributed by atoms with Gasteiger partial charge in [0.25, 0.3) is 11.5 Å². The van der Waals surface area contributed by atoms with Gasteiger partial charge in [-0.15, -0.1) is 0 Å². The third-order valence-corrected chi connectivity index (χ3v) is 4.02. The maximum Gasteiger partial charge on any atom is 0.274 e. The smallest absolute Gasteiger partial charge is 0.274 e. The molecule has 1 atom stereocenters. The molecule has 0 bridgehead atoms. The molecule has 22 heavy (non-hydrogen) atoms. The van der Waals surface area contributed by atoms with Gasteiger partial charge in [-0.2, -0.15) is 5.10 Å². The topological polar surface area (TPSA) is 69.3 Å². The number of carbonyl (C=O) groups excluding carboxylic acids is 1. The molecule has 0 radical (unpaired) electrons. The Labute approximate surface area is 128 Å². The Kier molecular flexibility index (Phi) is 4.02. The second-order valence-electron chi connectivity index (χ2n) is 5.46. The van der Waals surface area contributed by atoms with E-state index >= 15 is 0 Å². The molecule has 114 valence electrons. The summed E-state index contributed by atoms with van der Waals surface area (Å²) >= 11 is 0. The van der Waals surface area contributed by atoms with Crippen molar-refractivity contribution in [3.8, 4) is 0 Å². The lowest BCUT2D eigenvalue weighted by Gasteiger charge is -2.39. The van der Waals surface area contributed by atoms with Crippen LogP contribution in [-0.2, 0) is 0 Å². The zero-order valence-corrected chi connectivity index (χ0v) is 12.4. The predicted octanol–water partition coefficient (Wildman–Crippen LogP) is 0.899. The van der Waals surface area contributed by atoms with Crippen LogP contribution in [0.4, 0.5) is 0 Å². The average molecular weight is 298 g/mol. The molecule has 3 rings (SSSR count). The van der Waals surface area contributed by atoms with Crippen LogP contribution >= 0.6 is 0 Å². The first-order chi connectivity index (χ1) is 10.6. The van der Waals surface area contributed by atoms with E-state index in [0.717, 1.165) is 6.54 Å². The highest BCUT2D eigenvalue weighted by Crippen LogP contribution is 2.24. The lowest BCUT2D eigenvalue weighted by atomic mass is 10.0. The monoisotopic (exact) mass is 298 g/mol. The van der Waals surface area contributed by atoms with Gasteiger partial charge >= 0.3 is 0 Å². The molecule has 1 aliphatic heterocycles. The van der Waals surface area contributed by atoms with Crippen molar-refractivity contribution in [3.05, 3.63) is 64.1 Å². The number of rotatable bonds is 2. The van der Waals surface area contributed by atoms with Crippen LogP contribution in [0.15, 0.2) is 47.3 Å². The first-order valence-corrected chi connectivity index (χ1v) is 7.25. The number of carbonyl (C=O) groups is 1. The maximum absolute atomic E-state index is 12.5. The number of hydrogen-bond donors (Lipinski definition) is 1. The van der Waals surface area contributed by atoms with Crippen LogP contribution in [0.2, 0.25) is 0 Å². The van der Waals surface area contributed by atoms with E-state index in [2.05, 4.69) is 34.3 Å². The van der Waals surface area contributed by atoms with Crippen LogP contribution in [0, 0.1) is 0 Å². The zero-order valence-electron chi connectivity index (χ0n) is 12.4. The summed E-state index contributed by atoms with van der Waals surface area (Å²) in [6.45, 7) is 2.06. The molecule has 2 aromatic rings. The Balaban J connectivity index is 1.79. The van der Waals surface area contributed by atoms with Crippen LogP contribution in [0.5, 0.6) is 0 Å². The van der Waals surface area contributed by atoms with Gasteiger partial charge in [0, 0.05) is 25.7 Å². The molecule has 0 unspecified atom stereocenters. The van der Waals surface area contributed by atoms with Gasteiger partial charge in [0.05, 0.1) is 6.04 Å². The van der Waals surface area contributed by atoms with Gasteiger partial charge in [0.2, 0.25) is 0 Å². The Morgan fingerprint density at radius 1 is 1.18 bits per heavy atom. The van der Waals surface area contributed by atoms with Gasteiger partial charge in [-0.05, 0) is 18.7 Å². The summed E-state index contributed by atoms with van der Waals surface area (Å²) in [7, 11) is 2.07. The van der Waals surface area contributed by atoms with E-state index < -0.39 is 0 Å². The van der Waals surface area contributed by atoms with Gasteiger partial charge in [-0.1, -0.05) is 30.3 Å². The van der Waals surface area contributed by atoms with E-state index in [4.69, 9.17) is 0 Å². The quantitative estimate of drug-likeness (QED) is 0.894. The summed E-state index contributed by atoms with van der Waals surface area (Å²) < 4.78 is 0. The van der Waals surface area contributed by atoms with E-state index in [1.807, 2.05) is 18.2 Å². The molecule has 6 heteroatoms. The van der Waals surface area contributed by atoms with Gasteiger partial charge in [-0.25, -0.2) is 5.10 Å². The minimum atomic E-state index is -0.308. The summed E-state index contributed by atoms with van der Waals surface area (Å²) in [4.78, 5) is 27.6. The number of likely N-dealkylation sites (N-methyl/N-ethyl adjacent to an activating group) is 1. The normalized spacial score (nSPS) is 19.1. The van der Waals surface area contributed by atoms with E-state index in [9.17, 15) is 9.59 Å². The molecule has 0 saturated carbocycles. The van der Waals surface area contributed by atoms with Gasteiger partial charge in [0.1, 0.15) is 5.69 Å². The molecule has 1 amide bonds. The van der Waals surface area contributed by atoms with Crippen molar-refractivity contribution in [3.63, 3.8) is 0 Å². The van der Waals surface area contributed by atoms with Gasteiger partial charge < -0.3 is 4.90 Å². The largest absolute Gasteiger partial charge is 0.334 e. The second-order valence-corrected chi connectivity index (χ2v) is 5.46. The van der Waals surface area contributed by atoms with Crippen molar-refractivity contribution in [2.75, 3.05) is 26.7 Å². The molecule has 1 aromatic heterocycles. The van der Waals surface area contributed by atoms with Crippen LogP contribution in [0.3, 0.4) is 0 Å². The predicted molar refractivity (Wildman–Crippen MR) is 82.6 cm³/mol. The van der Waals surface area contributed by atoms with E-state index in [-0.39, 0.29) is 23.2 Å². The van der Waals surface area contributed by atoms with E-state index in [1.54, 1.807) is 4.90 Å². The van der Waals surface area contributed by atoms with Gasteiger partial charge in [0.15, 0.2) is 0 Å². The minimum Gasteiger partial charge on any atom is -0.334 e. The molecule has 1 fully saturated rings. The lowest BCUT2D eigenvalue weighted by molar-refractivity contribution is 0.0539. The Bertz CT molecular complexity index is 693. The van der Waals surface area contributed by atoms with Crippen LogP contribution in [-0.4, -0.2) is 52.6 Å². The van der Waals surface area contributed by atoms with Crippen LogP contribution < -0.4 is 5.56 Å². The van der Waals surface area contributed by atoms with Crippen molar-refractivity contribution < 1.29 is 4.79 Å². The van der Waals surface area contributed by atoms with Crippen LogP contribution in [0.1, 0.15) is 22.1 Å². The molecule has 1 aliphatic rings. The van der Waals surface area contributed by atoms with Crippen molar-refractivity contribution in [2.24, 2.45) is 0 Å². The molecular formula is C16H18N4O2. The number of aromatic amines is 1. The van der Waals surface area contributed by atoms with E-state index in [0.29, 0.717) is 13.1 Å². The molecule has 1 aromatic carbocycles. The highest BCUT2D eigenvalue weighted by molar-refractivity contribution is 5.92. The minimum absolute atomic E-state index is 0.148. The average Bonchev–Trinajstić information content (AvgIpc) is 2.56. The van der Waals surface area contributed by atoms with Crippen LogP contribution in [0.25, 0.3) is 0 Å². The summed E-state index contributed by atoms with van der Waals surface area (Å²) in [5.74, 6) is -0.148. The third kappa shape index (κ3) is 2.92. The number of nitrogens with zero attached hydrogens (tertiary/aromatic N) is 3. The number of piperazine rings is 1. The first kappa shape index (κ1) is 14.5. The fraction of sp³-hybridized carbons (Fsp3) is 0.312. The number of H-pyrrole nitrogens is 1. The molecule has 2 heterocycles. The SMILES string of the molecule is CN1CCN(C(=O)c2ccc(=O)[nH]n2)C[C@@H]1c1ccccc1. The number of amides is 1.